The Morgan fingerprint density at radius 2 is 1.67 bits per heavy atom. The van der Waals surface area contributed by atoms with Gasteiger partial charge in [0, 0.05) is 6.61 Å². The van der Waals surface area contributed by atoms with Crippen LogP contribution in [0.1, 0.15) is 20.3 Å². The molecule has 5 heteroatoms. The number of aliphatic hydroxyl groups excluding tert-OH is 3. The van der Waals surface area contributed by atoms with Crippen LogP contribution in [0.5, 0.6) is 0 Å². The Morgan fingerprint density at radius 3 is 1.92 bits per heavy atom. The lowest BCUT2D eigenvalue weighted by molar-refractivity contribution is -0.111. The van der Waals surface area contributed by atoms with Crippen LogP contribution in [0.4, 0.5) is 0 Å². The second-order valence-electron chi connectivity index (χ2n) is 2.79. The molecule has 0 amide bonds. The minimum Gasteiger partial charge on any atom is -0.396 e. The number of aliphatic hydroxyl groups is 3. The number of nitrogens with zero attached hydrogens (tertiary/aromatic N) is 1. The molecule has 0 aromatic rings. The highest BCUT2D eigenvalue weighted by Crippen LogP contribution is 2.06. The van der Waals surface area contributed by atoms with Gasteiger partial charge in [0.2, 0.25) is 0 Å². The van der Waals surface area contributed by atoms with E-state index in [4.69, 9.17) is 10.8 Å². The van der Waals surface area contributed by atoms with Crippen LogP contribution < -0.4 is 5.73 Å². The second kappa shape index (κ2) is 5.45. The third kappa shape index (κ3) is 3.46. The maximum atomic E-state index is 9.18. The van der Waals surface area contributed by atoms with E-state index in [2.05, 4.69) is 0 Å². The van der Waals surface area contributed by atoms with Crippen molar-refractivity contribution >= 4 is 0 Å². The molecule has 3 unspecified atom stereocenters. The zero-order chi connectivity index (χ0) is 9.72. The molecule has 0 rings (SSSR count). The molecule has 0 spiro atoms. The van der Waals surface area contributed by atoms with Crippen LogP contribution in [0.25, 0.3) is 0 Å². The molecule has 0 aliphatic rings. The van der Waals surface area contributed by atoms with Crippen molar-refractivity contribution in [2.24, 2.45) is 5.73 Å². The van der Waals surface area contributed by atoms with Crippen LogP contribution in [0.3, 0.4) is 0 Å². The third-order valence-electron chi connectivity index (χ3n) is 1.67. The molecule has 0 aromatic carbocycles. The lowest BCUT2D eigenvalue weighted by atomic mass is 10.3. The van der Waals surface area contributed by atoms with Gasteiger partial charge < -0.3 is 21.1 Å². The van der Waals surface area contributed by atoms with Crippen molar-refractivity contribution in [1.82, 2.24) is 4.90 Å². The van der Waals surface area contributed by atoms with Crippen LogP contribution >= 0.6 is 0 Å². The predicted molar refractivity (Wildman–Crippen MR) is 44.9 cm³/mol. The number of rotatable bonds is 5. The van der Waals surface area contributed by atoms with Crippen LogP contribution in [-0.4, -0.2) is 45.4 Å². The molecule has 0 aliphatic carbocycles. The van der Waals surface area contributed by atoms with Crippen molar-refractivity contribution in [2.75, 3.05) is 6.61 Å². The van der Waals surface area contributed by atoms with E-state index in [9.17, 15) is 10.2 Å². The van der Waals surface area contributed by atoms with Crippen LogP contribution in [0.2, 0.25) is 0 Å². The van der Waals surface area contributed by atoms with E-state index < -0.39 is 18.6 Å². The van der Waals surface area contributed by atoms with Gasteiger partial charge in [0.1, 0.15) is 12.5 Å². The van der Waals surface area contributed by atoms with E-state index in [0.29, 0.717) is 6.42 Å². The lowest BCUT2D eigenvalue weighted by Crippen LogP contribution is -2.52. The maximum Gasteiger partial charge on any atom is 0.107 e. The highest BCUT2D eigenvalue weighted by molar-refractivity contribution is 4.66. The van der Waals surface area contributed by atoms with Crippen LogP contribution in [0.15, 0.2) is 0 Å². The fourth-order valence-electron chi connectivity index (χ4n) is 1.15. The van der Waals surface area contributed by atoms with E-state index in [1.807, 2.05) is 0 Å². The number of hydrogen-bond acceptors (Lipinski definition) is 5. The molecule has 5 nitrogen and oxygen atoms in total. The summed E-state index contributed by atoms with van der Waals surface area (Å²) in [7, 11) is 0. The number of nitrogens with two attached hydrogens (primary N) is 1. The molecular formula is C7H18N2O3. The Morgan fingerprint density at radius 1 is 1.25 bits per heavy atom. The Kier molecular flexibility index (Phi) is 5.36. The molecule has 3 atom stereocenters. The fraction of sp³-hybridized carbons (Fsp3) is 1.00. The summed E-state index contributed by atoms with van der Waals surface area (Å²) in [6, 6.07) is 0. The van der Waals surface area contributed by atoms with Gasteiger partial charge in [0.25, 0.3) is 0 Å². The lowest BCUT2D eigenvalue weighted by Gasteiger charge is -2.33. The summed E-state index contributed by atoms with van der Waals surface area (Å²) in [6.07, 6.45) is -1.82. The zero-order valence-corrected chi connectivity index (χ0v) is 7.51. The summed E-state index contributed by atoms with van der Waals surface area (Å²) in [6.45, 7) is 2.98. The summed E-state index contributed by atoms with van der Waals surface area (Å²) < 4.78 is 0. The molecule has 5 N–H and O–H groups in total. The smallest absolute Gasteiger partial charge is 0.107 e. The molecule has 0 saturated carbocycles. The standard InChI is InChI=1S/C7H18N2O3/c1-5(11)9(6(2)12)7(8)3-4-10/h5-7,10-12H,3-4,8H2,1-2H3. The molecular weight excluding hydrogens is 160 g/mol. The Balaban J connectivity index is 4.09. The molecule has 0 bridgehead atoms. The van der Waals surface area contributed by atoms with Gasteiger partial charge in [-0.3, -0.25) is 0 Å². The van der Waals surface area contributed by atoms with Gasteiger partial charge in [0.05, 0.1) is 6.17 Å². The Hall–Kier alpha value is -0.200. The topological polar surface area (TPSA) is 90.0 Å². The fourth-order valence-corrected chi connectivity index (χ4v) is 1.15. The molecule has 0 radical (unpaired) electrons. The SMILES string of the molecule is CC(O)N(C(C)O)C(N)CCO. The molecule has 0 saturated heterocycles. The highest BCUT2D eigenvalue weighted by atomic mass is 16.3. The first-order chi connectivity index (χ1) is 5.50. The van der Waals surface area contributed by atoms with Crippen molar-refractivity contribution in [1.29, 1.82) is 0 Å². The van der Waals surface area contributed by atoms with E-state index in [1.54, 1.807) is 0 Å². The first-order valence-corrected chi connectivity index (χ1v) is 4.00. The van der Waals surface area contributed by atoms with Crippen molar-refractivity contribution in [3.8, 4) is 0 Å². The van der Waals surface area contributed by atoms with Crippen molar-refractivity contribution in [3.63, 3.8) is 0 Å². The predicted octanol–water partition coefficient (Wildman–Crippen LogP) is -1.37. The van der Waals surface area contributed by atoms with Gasteiger partial charge in [-0.1, -0.05) is 0 Å². The minimum atomic E-state index is -0.813. The van der Waals surface area contributed by atoms with E-state index >= 15 is 0 Å². The molecule has 74 valence electrons. The highest BCUT2D eigenvalue weighted by Gasteiger charge is 2.22. The monoisotopic (exact) mass is 178 g/mol. The van der Waals surface area contributed by atoms with Gasteiger partial charge in [-0.25, -0.2) is 4.90 Å². The summed E-state index contributed by atoms with van der Waals surface area (Å²) in [5, 5.41) is 26.9. The molecule has 0 aromatic heterocycles. The molecule has 12 heavy (non-hydrogen) atoms. The summed E-state index contributed by atoms with van der Waals surface area (Å²) in [4.78, 5) is 1.32. The maximum absolute atomic E-state index is 9.18. The van der Waals surface area contributed by atoms with Gasteiger partial charge in [0.15, 0.2) is 0 Å². The third-order valence-corrected chi connectivity index (χ3v) is 1.67. The van der Waals surface area contributed by atoms with Crippen LogP contribution in [-0.2, 0) is 0 Å². The largest absolute Gasteiger partial charge is 0.396 e. The minimum absolute atomic E-state index is 0.0584. The average Bonchev–Trinajstić information content (AvgIpc) is 1.85. The van der Waals surface area contributed by atoms with Crippen molar-refractivity contribution < 1.29 is 15.3 Å². The zero-order valence-electron chi connectivity index (χ0n) is 7.51. The normalized spacial score (nSPS) is 19.2. The van der Waals surface area contributed by atoms with E-state index in [0.717, 1.165) is 0 Å². The molecule has 0 heterocycles. The molecule has 0 fully saturated rings. The van der Waals surface area contributed by atoms with Crippen LogP contribution in [0, 0.1) is 0 Å². The Labute approximate surface area is 72.4 Å². The van der Waals surface area contributed by atoms with E-state index in [1.165, 1.54) is 18.7 Å². The molecule has 0 aliphatic heterocycles. The first kappa shape index (κ1) is 11.8. The summed E-state index contributed by atoms with van der Waals surface area (Å²) in [5.74, 6) is 0. The summed E-state index contributed by atoms with van der Waals surface area (Å²) in [5.41, 5.74) is 5.58. The van der Waals surface area contributed by atoms with Gasteiger partial charge >= 0.3 is 0 Å². The number of hydrogen-bond donors (Lipinski definition) is 4. The van der Waals surface area contributed by atoms with Crippen molar-refractivity contribution in [3.05, 3.63) is 0 Å². The Bertz CT molecular complexity index is 111. The quantitative estimate of drug-likeness (QED) is 0.390. The second-order valence-corrected chi connectivity index (χ2v) is 2.79. The first-order valence-electron chi connectivity index (χ1n) is 4.00. The van der Waals surface area contributed by atoms with Crippen molar-refractivity contribution in [2.45, 2.75) is 38.9 Å². The van der Waals surface area contributed by atoms with Gasteiger partial charge in [-0.05, 0) is 20.3 Å². The summed E-state index contributed by atoms with van der Waals surface area (Å²) >= 11 is 0. The van der Waals surface area contributed by atoms with Gasteiger partial charge in [-0.2, -0.15) is 0 Å². The average molecular weight is 178 g/mol. The van der Waals surface area contributed by atoms with Gasteiger partial charge in [-0.15, -0.1) is 0 Å². The van der Waals surface area contributed by atoms with E-state index in [-0.39, 0.29) is 6.61 Å².